The molecule has 1 saturated heterocycles. The first kappa shape index (κ1) is 16.7. The van der Waals surface area contributed by atoms with E-state index in [0.717, 1.165) is 37.8 Å². The van der Waals surface area contributed by atoms with Crippen LogP contribution in [0.5, 0.6) is 0 Å². The first-order valence-electron chi connectivity index (χ1n) is 8.34. The summed E-state index contributed by atoms with van der Waals surface area (Å²) in [5.74, 6) is -2.04. The van der Waals surface area contributed by atoms with Gasteiger partial charge in [0.1, 0.15) is 11.6 Å². The van der Waals surface area contributed by atoms with Gasteiger partial charge in [-0.1, -0.05) is 12.8 Å². The number of benzene rings is 1. The van der Waals surface area contributed by atoms with E-state index >= 15 is 0 Å². The minimum absolute atomic E-state index is 0.0954. The Balaban J connectivity index is 1.54. The third kappa shape index (κ3) is 3.66. The summed E-state index contributed by atoms with van der Waals surface area (Å²) >= 11 is 0. The van der Waals surface area contributed by atoms with Crippen molar-refractivity contribution in [2.45, 2.75) is 31.7 Å². The normalized spacial score (nSPS) is 18.8. The number of carbonyl (C=O) groups excluding carboxylic acids is 2. The second-order valence-corrected chi connectivity index (χ2v) is 6.33. The van der Waals surface area contributed by atoms with E-state index in [-0.39, 0.29) is 17.6 Å². The van der Waals surface area contributed by atoms with Crippen LogP contribution in [0.4, 0.5) is 13.6 Å². The summed E-state index contributed by atoms with van der Waals surface area (Å²) in [6.45, 7) is 1.50. The Hall–Kier alpha value is -2.18. The maximum atomic E-state index is 13.7. The lowest BCUT2D eigenvalue weighted by Gasteiger charge is -2.35. The fourth-order valence-electron chi connectivity index (χ4n) is 3.28. The molecule has 7 heteroatoms. The van der Waals surface area contributed by atoms with Crippen molar-refractivity contribution >= 4 is 11.9 Å². The van der Waals surface area contributed by atoms with Gasteiger partial charge in [0.2, 0.25) is 0 Å². The fourth-order valence-corrected chi connectivity index (χ4v) is 3.28. The van der Waals surface area contributed by atoms with Crippen LogP contribution >= 0.6 is 0 Å². The van der Waals surface area contributed by atoms with Gasteiger partial charge in [-0.05, 0) is 25.0 Å². The quantitative estimate of drug-likeness (QED) is 0.901. The Morgan fingerprint density at radius 3 is 2.25 bits per heavy atom. The molecule has 1 aromatic rings. The molecule has 1 heterocycles. The van der Waals surface area contributed by atoms with Crippen LogP contribution in [0.25, 0.3) is 0 Å². The molecule has 3 rings (SSSR count). The lowest BCUT2D eigenvalue weighted by Crippen LogP contribution is -2.54. The lowest BCUT2D eigenvalue weighted by molar-refractivity contribution is 0.0658. The molecule has 0 aromatic heterocycles. The van der Waals surface area contributed by atoms with Gasteiger partial charge in [-0.25, -0.2) is 13.6 Å². The van der Waals surface area contributed by atoms with Crippen molar-refractivity contribution < 1.29 is 18.4 Å². The van der Waals surface area contributed by atoms with Crippen LogP contribution in [0.2, 0.25) is 0 Å². The Kier molecular flexibility index (Phi) is 4.97. The average molecular weight is 337 g/mol. The number of amides is 3. The van der Waals surface area contributed by atoms with Gasteiger partial charge in [-0.2, -0.15) is 0 Å². The van der Waals surface area contributed by atoms with E-state index in [0.29, 0.717) is 32.2 Å². The monoisotopic (exact) mass is 337 g/mol. The van der Waals surface area contributed by atoms with Gasteiger partial charge in [-0.15, -0.1) is 0 Å². The summed E-state index contributed by atoms with van der Waals surface area (Å²) in [7, 11) is 0. The Morgan fingerprint density at radius 2 is 1.62 bits per heavy atom. The Labute approximate surface area is 139 Å². The van der Waals surface area contributed by atoms with E-state index in [1.807, 2.05) is 0 Å². The van der Waals surface area contributed by atoms with E-state index < -0.39 is 17.5 Å². The van der Waals surface area contributed by atoms with Gasteiger partial charge in [0, 0.05) is 38.3 Å². The summed E-state index contributed by atoms with van der Waals surface area (Å²) in [4.78, 5) is 27.7. The van der Waals surface area contributed by atoms with E-state index in [1.54, 1.807) is 4.90 Å². The molecule has 130 valence electrons. The van der Waals surface area contributed by atoms with Gasteiger partial charge in [-0.3, -0.25) is 4.79 Å². The Bertz CT molecular complexity index is 624. The van der Waals surface area contributed by atoms with E-state index in [4.69, 9.17) is 0 Å². The molecule has 5 nitrogen and oxygen atoms in total. The summed E-state index contributed by atoms with van der Waals surface area (Å²) < 4.78 is 26.7. The minimum Gasteiger partial charge on any atom is -0.335 e. The highest BCUT2D eigenvalue weighted by Crippen LogP contribution is 2.18. The van der Waals surface area contributed by atoms with E-state index in [1.165, 1.54) is 4.90 Å². The maximum Gasteiger partial charge on any atom is 0.317 e. The van der Waals surface area contributed by atoms with Crippen molar-refractivity contribution in [3.8, 4) is 0 Å². The zero-order valence-corrected chi connectivity index (χ0v) is 13.4. The predicted molar refractivity (Wildman–Crippen MR) is 84.6 cm³/mol. The molecule has 24 heavy (non-hydrogen) atoms. The van der Waals surface area contributed by atoms with Gasteiger partial charge >= 0.3 is 6.03 Å². The number of carbonyl (C=O) groups is 2. The van der Waals surface area contributed by atoms with Crippen LogP contribution in [-0.4, -0.2) is 54.0 Å². The summed E-state index contributed by atoms with van der Waals surface area (Å²) in [5.41, 5.74) is -0.139. The second kappa shape index (κ2) is 7.15. The third-order valence-electron chi connectivity index (χ3n) is 4.70. The van der Waals surface area contributed by atoms with Crippen LogP contribution in [-0.2, 0) is 0 Å². The van der Waals surface area contributed by atoms with E-state index in [2.05, 4.69) is 5.32 Å². The smallest absolute Gasteiger partial charge is 0.317 e. The van der Waals surface area contributed by atoms with Crippen LogP contribution in [0.15, 0.2) is 18.2 Å². The molecule has 0 radical (unpaired) electrons. The number of halogens is 2. The summed E-state index contributed by atoms with van der Waals surface area (Å²) in [6, 6.07) is 3.10. The minimum atomic E-state index is -0.860. The van der Waals surface area contributed by atoms with E-state index in [9.17, 15) is 18.4 Å². The van der Waals surface area contributed by atoms with Crippen molar-refractivity contribution in [1.29, 1.82) is 0 Å². The number of piperazine rings is 1. The molecule has 1 aliphatic heterocycles. The third-order valence-corrected chi connectivity index (χ3v) is 4.70. The summed E-state index contributed by atoms with van der Waals surface area (Å²) in [6.07, 6.45) is 4.34. The predicted octanol–water partition coefficient (Wildman–Crippen LogP) is 2.37. The number of hydrogen-bond acceptors (Lipinski definition) is 2. The van der Waals surface area contributed by atoms with Crippen molar-refractivity contribution in [2.75, 3.05) is 26.2 Å². The van der Waals surface area contributed by atoms with Crippen molar-refractivity contribution in [1.82, 2.24) is 15.1 Å². The first-order valence-corrected chi connectivity index (χ1v) is 8.34. The van der Waals surface area contributed by atoms with Crippen molar-refractivity contribution in [2.24, 2.45) is 0 Å². The number of hydrogen-bond donors (Lipinski definition) is 1. The SMILES string of the molecule is O=C(NC1CCCC1)N1CCN(C(=O)c2ccc(F)cc2F)CC1. The number of nitrogens with one attached hydrogen (secondary N) is 1. The average Bonchev–Trinajstić information content (AvgIpc) is 3.07. The van der Waals surface area contributed by atoms with Gasteiger partial charge in [0.05, 0.1) is 5.56 Å². The van der Waals surface area contributed by atoms with Crippen LogP contribution < -0.4 is 5.32 Å². The Morgan fingerprint density at radius 1 is 1.00 bits per heavy atom. The molecule has 2 fully saturated rings. The van der Waals surface area contributed by atoms with Gasteiger partial charge < -0.3 is 15.1 Å². The standard InChI is InChI=1S/C17H21F2N3O2/c18-12-5-6-14(15(19)11-12)16(23)21-7-9-22(10-8-21)17(24)20-13-3-1-2-4-13/h5-6,11,13H,1-4,7-10H2,(H,20,24). The molecule has 1 saturated carbocycles. The fraction of sp³-hybridized carbons (Fsp3) is 0.529. The topological polar surface area (TPSA) is 52.7 Å². The molecule has 1 N–H and O–H groups in total. The molecular formula is C17H21F2N3O2. The molecule has 1 aromatic carbocycles. The second-order valence-electron chi connectivity index (χ2n) is 6.33. The molecule has 2 aliphatic rings. The zero-order valence-electron chi connectivity index (χ0n) is 13.4. The van der Waals surface area contributed by atoms with Crippen LogP contribution in [0, 0.1) is 11.6 Å². The highest BCUT2D eigenvalue weighted by molar-refractivity contribution is 5.94. The molecule has 0 unspecified atom stereocenters. The maximum absolute atomic E-state index is 13.7. The highest BCUT2D eigenvalue weighted by atomic mass is 19.1. The molecule has 0 atom stereocenters. The van der Waals surface area contributed by atoms with Crippen LogP contribution in [0.3, 0.4) is 0 Å². The number of nitrogens with zero attached hydrogens (tertiary/aromatic N) is 2. The largest absolute Gasteiger partial charge is 0.335 e. The van der Waals surface area contributed by atoms with Crippen LogP contribution in [0.1, 0.15) is 36.0 Å². The molecule has 0 spiro atoms. The highest BCUT2D eigenvalue weighted by Gasteiger charge is 2.27. The number of urea groups is 1. The molecule has 3 amide bonds. The molecular weight excluding hydrogens is 316 g/mol. The summed E-state index contributed by atoms with van der Waals surface area (Å²) in [5, 5.41) is 3.02. The van der Waals surface area contributed by atoms with Crippen molar-refractivity contribution in [3.63, 3.8) is 0 Å². The van der Waals surface area contributed by atoms with Gasteiger partial charge in [0.15, 0.2) is 0 Å². The first-order chi connectivity index (χ1) is 11.5. The number of rotatable bonds is 2. The molecule has 0 bridgehead atoms. The lowest BCUT2D eigenvalue weighted by atomic mass is 10.1. The molecule has 1 aliphatic carbocycles. The van der Waals surface area contributed by atoms with Crippen molar-refractivity contribution in [3.05, 3.63) is 35.4 Å². The van der Waals surface area contributed by atoms with Gasteiger partial charge in [0.25, 0.3) is 5.91 Å². The zero-order chi connectivity index (χ0) is 17.1.